The molecular formula is C14H27N3O. The number of carbonyl (C=O) groups excluding carboxylic acids is 1. The smallest absolute Gasteiger partial charge is 0.223 e. The Kier molecular flexibility index (Phi) is 5.01. The van der Waals surface area contributed by atoms with Crippen LogP contribution in [0.2, 0.25) is 0 Å². The van der Waals surface area contributed by atoms with Crippen LogP contribution in [0.4, 0.5) is 0 Å². The quantitative estimate of drug-likeness (QED) is 0.809. The Balaban J connectivity index is 1.71. The van der Waals surface area contributed by atoms with Crippen LogP contribution in [0.5, 0.6) is 0 Å². The molecule has 2 rings (SSSR count). The molecule has 2 aliphatic rings. The lowest BCUT2D eigenvalue weighted by Gasteiger charge is -2.29. The minimum atomic E-state index is 0.248. The van der Waals surface area contributed by atoms with Crippen molar-refractivity contribution in [2.45, 2.75) is 38.6 Å². The fourth-order valence-electron chi connectivity index (χ4n) is 3.18. The summed E-state index contributed by atoms with van der Waals surface area (Å²) in [7, 11) is 2.13. The zero-order valence-corrected chi connectivity index (χ0v) is 11.8. The van der Waals surface area contributed by atoms with Gasteiger partial charge in [-0.2, -0.15) is 0 Å². The number of carbonyl (C=O) groups is 1. The molecular weight excluding hydrogens is 226 g/mol. The summed E-state index contributed by atoms with van der Waals surface area (Å²) in [6.45, 7) is 7.47. The molecule has 0 aromatic rings. The highest BCUT2D eigenvalue weighted by molar-refractivity contribution is 5.78. The van der Waals surface area contributed by atoms with Crippen LogP contribution in [0.1, 0.15) is 32.6 Å². The van der Waals surface area contributed by atoms with E-state index in [1.54, 1.807) is 0 Å². The summed E-state index contributed by atoms with van der Waals surface area (Å²) < 4.78 is 0. The van der Waals surface area contributed by atoms with E-state index in [0.717, 1.165) is 39.0 Å². The lowest BCUT2D eigenvalue weighted by atomic mass is 9.96. The zero-order valence-electron chi connectivity index (χ0n) is 11.8. The van der Waals surface area contributed by atoms with E-state index in [9.17, 15) is 4.79 Å². The largest absolute Gasteiger partial charge is 0.354 e. The summed E-state index contributed by atoms with van der Waals surface area (Å²) in [4.78, 5) is 16.9. The van der Waals surface area contributed by atoms with Crippen LogP contribution < -0.4 is 5.32 Å². The normalized spacial score (nSPS) is 27.6. The number of hydrogen-bond donors (Lipinski definition) is 1. The van der Waals surface area contributed by atoms with E-state index in [1.807, 2.05) is 0 Å². The van der Waals surface area contributed by atoms with Crippen molar-refractivity contribution >= 4 is 5.91 Å². The van der Waals surface area contributed by atoms with Gasteiger partial charge in [0, 0.05) is 18.5 Å². The summed E-state index contributed by atoms with van der Waals surface area (Å²) in [6.07, 6.45) is 4.55. The van der Waals surface area contributed by atoms with E-state index in [4.69, 9.17) is 0 Å². The van der Waals surface area contributed by atoms with Crippen LogP contribution in [0.25, 0.3) is 0 Å². The van der Waals surface area contributed by atoms with Gasteiger partial charge in [0.2, 0.25) is 5.91 Å². The molecule has 0 aliphatic carbocycles. The first-order valence-corrected chi connectivity index (χ1v) is 7.41. The Bertz CT molecular complexity index is 274. The van der Waals surface area contributed by atoms with Gasteiger partial charge in [0.15, 0.2) is 0 Å². The first-order valence-electron chi connectivity index (χ1n) is 7.41. The highest BCUT2D eigenvalue weighted by Crippen LogP contribution is 2.18. The molecule has 0 saturated carbocycles. The topological polar surface area (TPSA) is 35.6 Å². The van der Waals surface area contributed by atoms with Gasteiger partial charge in [0.1, 0.15) is 0 Å². The molecule has 18 heavy (non-hydrogen) atoms. The molecule has 2 saturated heterocycles. The molecule has 4 nitrogen and oxygen atoms in total. The third-order valence-corrected chi connectivity index (χ3v) is 4.51. The highest BCUT2D eigenvalue weighted by Gasteiger charge is 2.26. The number of hydrogen-bond acceptors (Lipinski definition) is 3. The Morgan fingerprint density at radius 2 is 1.94 bits per heavy atom. The Morgan fingerprint density at radius 3 is 2.61 bits per heavy atom. The van der Waals surface area contributed by atoms with E-state index in [0.29, 0.717) is 6.04 Å². The molecule has 0 radical (unpaired) electrons. The van der Waals surface area contributed by atoms with Crippen LogP contribution in [0.3, 0.4) is 0 Å². The van der Waals surface area contributed by atoms with Crippen molar-refractivity contribution in [2.24, 2.45) is 5.92 Å². The lowest BCUT2D eigenvalue weighted by Crippen LogP contribution is -2.44. The molecule has 1 unspecified atom stereocenters. The molecule has 2 heterocycles. The van der Waals surface area contributed by atoms with E-state index < -0.39 is 0 Å². The number of likely N-dealkylation sites (N-methyl/N-ethyl adjacent to an activating group) is 1. The third-order valence-electron chi connectivity index (χ3n) is 4.51. The SMILES string of the molecule is CCN1CCCC1CNC(=O)C1CCN(C)CC1. The molecule has 2 fully saturated rings. The fourth-order valence-corrected chi connectivity index (χ4v) is 3.18. The second kappa shape index (κ2) is 6.53. The van der Waals surface area contributed by atoms with Crippen molar-refractivity contribution in [1.29, 1.82) is 0 Å². The van der Waals surface area contributed by atoms with Crippen molar-refractivity contribution in [3.63, 3.8) is 0 Å². The Morgan fingerprint density at radius 1 is 1.22 bits per heavy atom. The summed E-state index contributed by atoms with van der Waals surface area (Å²) in [5.41, 5.74) is 0. The molecule has 2 aliphatic heterocycles. The van der Waals surface area contributed by atoms with Gasteiger partial charge in [-0.1, -0.05) is 6.92 Å². The van der Waals surface area contributed by atoms with E-state index >= 15 is 0 Å². The van der Waals surface area contributed by atoms with Gasteiger partial charge >= 0.3 is 0 Å². The molecule has 1 amide bonds. The molecule has 1 N–H and O–H groups in total. The maximum Gasteiger partial charge on any atom is 0.223 e. The average molecular weight is 253 g/mol. The van der Waals surface area contributed by atoms with Gasteiger partial charge in [0.05, 0.1) is 0 Å². The average Bonchev–Trinajstić information content (AvgIpc) is 2.84. The van der Waals surface area contributed by atoms with E-state index in [1.165, 1.54) is 19.4 Å². The lowest BCUT2D eigenvalue weighted by molar-refractivity contribution is -0.126. The summed E-state index contributed by atoms with van der Waals surface area (Å²) in [6, 6.07) is 0.574. The Labute approximate surface area is 111 Å². The van der Waals surface area contributed by atoms with Crippen LogP contribution in [0.15, 0.2) is 0 Å². The van der Waals surface area contributed by atoms with E-state index in [2.05, 4.69) is 29.1 Å². The van der Waals surface area contributed by atoms with Gasteiger partial charge in [-0.05, 0) is 58.9 Å². The molecule has 1 atom stereocenters. The van der Waals surface area contributed by atoms with Crippen molar-refractivity contribution < 1.29 is 4.79 Å². The van der Waals surface area contributed by atoms with Gasteiger partial charge in [-0.3, -0.25) is 9.69 Å². The minimum absolute atomic E-state index is 0.248. The first kappa shape index (κ1) is 13.8. The second-order valence-electron chi connectivity index (χ2n) is 5.75. The van der Waals surface area contributed by atoms with Crippen LogP contribution in [0, 0.1) is 5.92 Å². The molecule has 0 aromatic heterocycles. The minimum Gasteiger partial charge on any atom is -0.354 e. The monoisotopic (exact) mass is 253 g/mol. The number of piperidine rings is 1. The molecule has 4 heteroatoms. The molecule has 104 valence electrons. The fraction of sp³-hybridized carbons (Fsp3) is 0.929. The van der Waals surface area contributed by atoms with Gasteiger partial charge in [-0.15, -0.1) is 0 Å². The summed E-state index contributed by atoms with van der Waals surface area (Å²) >= 11 is 0. The molecule has 0 spiro atoms. The predicted molar refractivity (Wildman–Crippen MR) is 73.5 cm³/mol. The number of nitrogens with one attached hydrogen (secondary N) is 1. The zero-order chi connectivity index (χ0) is 13.0. The first-order chi connectivity index (χ1) is 8.70. The second-order valence-corrected chi connectivity index (χ2v) is 5.75. The van der Waals surface area contributed by atoms with Crippen LogP contribution in [-0.2, 0) is 4.79 Å². The summed E-state index contributed by atoms with van der Waals surface area (Å²) in [5, 5.41) is 3.17. The number of likely N-dealkylation sites (tertiary alicyclic amines) is 2. The number of nitrogens with zero attached hydrogens (tertiary/aromatic N) is 2. The highest BCUT2D eigenvalue weighted by atomic mass is 16.1. The number of rotatable bonds is 4. The molecule has 0 bridgehead atoms. The van der Waals surface area contributed by atoms with Gasteiger partial charge < -0.3 is 10.2 Å². The molecule has 0 aromatic carbocycles. The van der Waals surface area contributed by atoms with Gasteiger partial charge in [-0.25, -0.2) is 0 Å². The van der Waals surface area contributed by atoms with Gasteiger partial charge in [0.25, 0.3) is 0 Å². The maximum atomic E-state index is 12.1. The van der Waals surface area contributed by atoms with Crippen molar-refractivity contribution in [2.75, 3.05) is 39.8 Å². The van der Waals surface area contributed by atoms with Crippen molar-refractivity contribution in [1.82, 2.24) is 15.1 Å². The van der Waals surface area contributed by atoms with Crippen LogP contribution >= 0.6 is 0 Å². The maximum absolute atomic E-state index is 12.1. The number of amides is 1. The van der Waals surface area contributed by atoms with Crippen LogP contribution in [-0.4, -0.2) is 61.5 Å². The van der Waals surface area contributed by atoms with E-state index in [-0.39, 0.29) is 11.8 Å². The third kappa shape index (κ3) is 3.45. The summed E-state index contributed by atoms with van der Waals surface area (Å²) in [5.74, 6) is 0.531. The predicted octanol–water partition coefficient (Wildman–Crippen LogP) is 0.929. The standard InChI is InChI=1S/C14H27N3O/c1-3-17-8-4-5-13(17)11-15-14(18)12-6-9-16(2)10-7-12/h12-13H,3-11H2,1-2H3,(H,15,18). The van der Waals surface area contributed by atoms with Crippen molar-refractivity contribution in [3.8, 4) is 0 Å². The van der Waals surface area contributed by atoms with Crippen molar-refractivity contribution in [3.05, 3.63) is 0 Å². The Hall–Kier alpha value is -0.610.